The number of ether oxygens (including phenoxy) is 1. The lowest BCUT2D eigenvalue weighted by atomic mass is 10.2. The molecule has 1 N–H and O–H groups in total. The van der Waals surface area contributed by atoms with Gasteiger partial charge in [0.15, 0.2) is 0 Å². The van der Waals surface area contributed by atoms with Crippen LogP contribution < -0.4 is 10.1 Å². The predicted molar refractivity (Wildman–Crippen MR) is 74.5 cm³/mol. The van der Waals surface area contributed by atoms with E-state index in [-0.39, 0.29) is 0 Å². The van der Waals surface area contributed by atoms with E-state index < -0.39 is 11.7 Å². The highest BCUT2D eigenvalue weighted by molar-refractivity contribution is 5.46. The van der Waals surface area contributed by atoms with Crippen LogP contribution in [-0.4, -0.2) is 11.5 Å². The third-order valence-corrected chi connectivity index (χ3v) is 2.71. The minimum absolute atomic E-state index is 0.331. The van der Waals surface area contributed by atoms with Crippen LogP contribution in [0.3, 0.4) is 0 Å². The van der Waals surface area contributed by atoms with Gasteiger partial charge in [0.05, 0.1) is 23.6 Å². The number of anilines is 1. The maximum absolute atomic E-state index is 12.5. The molecule has 0 aliphatic heterocycles. The molecule has 0 aliphatic rings. The lowest BCUT2D eigenvalue weighted by Crippen LogP contribution is -2.04. The van der Waals surface area contributed by atoms with E-state index in [0.717, 1.165) is 30.8 Å². The van der Waals surface area contributed by atoms with Gasteiger partial charge in [0.2, 0.25) is 0 Å². The van der Waals surface area contributed by atoms with E-state index in [2.05, 4.69) is 10.3 Å². The number of nitrogens with zero attached hydrogens (tertiary/aromatic N) is 1. The Hall–Kier alpha value is -2.24. The highest BCUT2D eigenvalue weighted by Crippen LogP contribution is 2.31. The maximum atomic E-state index is 12.5. The predicted octanol–water partition coefficient (Wildman–Crippen LogP) is 4.71. The molecule has 2 rings (SSSR count). The number of pyridine rings is 1. The van der Waals surface area contributed by atoms with Crippen molar-refractivity contribution >= 4 is 5.69 Å². The van der Waals surface area contributed by atoms with Gasteiger partial charge in [-0.25, -0.2) is 0 Å². The van der Waals surface area contributed by atoms with Crippen molar-refractivity contribution in [2.75, 3.05) is 11.9 Å². The van der Waals surface area contributed by atoms with Crippen molar-refractivity contribution < 1.29 is 17.9 Å². The summed E-state index contributed by atoms with van der Waals surface area (Å²) in [6, 6.07) is 6.30. The zero-order valence-electron chi connectivity index (χ0n) is 11.4. The molecular formula is C15H15F3N2O. The van der Waals surface area contributed by atoms with Gasteiger partial charge in [-0.2, -0.15) is 13.2 Å². The van der Waals surface area contributed by atoms with Gasteiger partial charge in [-0.05, 0) is 30.7 Å². The third-order valence-electron chi connectivity index (χ3n) is 2.71. The Morgan fingerprint density at radius 3 is 2.43 bits per heavy atom. The summed E-state index contributed by atoms with van der Waals surface area (Å²) in [5.41, 5.74) is 0.104. The van der Waals surface area contributed by atoms with Gasteiger partial charge in [-0.1, -0.05) is 6.92 Å². The summed E-state index contributed by atoms with van der Waals surface area (Å²) < 4.78 is 42.9. The highest BCUT2D eigenvalue weighted by atomic mass is 19.4. The summed E-state index contributed by atoms with van der Waals surface area (Å²) in [4.78, 5) is 4.02. The van der Waals surface area contributed by atoms with Crippen LogP contribution in [0.1, 0.15) is 18.9 Å². The molecule has 0 saturated heterocycles. The number of hydrogen-bond donors (Lipinski definition) is 1. The second kappa shape index (κ2) is 6.47. The highest BCUT2D eigenvalue weighted by Gasteiger charge is 2.30. The number of benzene rings is 1. The topological polar surface area (TPSA) is 34.2 Å². The minimum Gasteiger partial charge on any atom is -0.456 e. The summed E-state index contributed by atoms with van der Waals surface area (Å²) in [6.07, 6.45) is -0.196. The molecule has 0 aliphatic carbocycles. The number of nitrogens with one attached hydrogen (secondary N) is 1. The van der Waals surface area contributed by atoms with Crippen molar-refractivity contribution in [2.45, 2.75) is 19.5 Å². The average Bonchev–Trinajstić information content (AvgIpc) is 2.45. The first-order valence-electron chi connectivity index (χ1n) is 6.53. The summed E-state index contributed by atoms with van der Waals surface area (Å²) in [6.45, 7) is 2.86. The largest absolute Gasteiger partial charge is 0.456 e. The summed E-state index contributed by atoms with van der Waals surface area (Å²) in [7, 11) is 0. The van der Waals surface area contributed by atoms with E-state index in [9.17, 15) is 13.2 Å². The van der Waals surface area contributed by atoms with E-state index in [1.165, 1.54) is 18.3 Å². The van der Waals surface area contributed by atoms with E-state index in [4.69, 9.17) is 4.74 Å². The van der Waals surface area contributed by atoms with Crippen LogP contribution in [0, 0.1) is 0 Å². The van der Waals surface area contributed by atoms with Crippen molar-refractivity contribution in [3.8, 4) is 11.5 Å². The molecule has 0 saturated carbocycles. The molecule has 0 fully saturated rings. The van der Waals surface area contributed by atoms with Gasteiger partial charge < -0.3 is 10.1 Å². The smallest absolute Gasteiger partial charge is 0.416 e. The molecule has 0 unspecified atom stereocenters. The zero-order chi connectivity index (χ0) is 15.3. The van der Waals surface area contributed by atoms with Crippen molar-refractivity contribution in [1.82, 2.24) is 4.98 Å². The minimum atomic E-state index is -4.34. The van der Waals surface area contributed by atoms with Crippen LogP contribution in [-0.2, 0) is 6.18 Å². The average molecular weight is 296 g/mol. The van der Waals surface area contributed by atoms with Crippen molar-refractivity contribution in [3.05, 3.63) is 48.3 Å². The first kappa shape index (κ1) is 15.2. The molecule has 3 nitrogen and oxygen atoms in total. The van der Waals surface area contributed by atoms with E-state index in [1.54, 1.807) is 12.3 Å². The molecule has 2 aromatic rings. The van der Waals surface area contributed by atoms with Crippen LogP contribution in [0.25, 0.3) is 0 Å². The monoisotopic (exact) mass is 296 g/mol. The van der Waals surface area contributed by atoms with Gasteiger partial charge in [-0.15, -0.1) is 0 Å². The van der Waals surface area contributed by atoms with Crippen molar-refractivity contribution in [2.24, 2.45) is 0 Å². The lowest BCUT2D eigenvalue weighted by molar-refractivity contribution is -0.137. The molecule has 0 atom stereocenters. The molecule has 1 aromatic carbocycles. The summed E-state index contributed by atoms with van der Waals surface area (Å²) in [5.74, 6) is 0.799. The van der Waals surface area contributed by atoms with Crippen LogP contribution in [0.15, 0.2) is 42.7 Å². The first-order valence-corrected chi connectivity index (χ1v) is 6.53. The number of hydrogen-bond acceptors (Lipinski definition) is 3. The van der Waals surface area contributed by atoms with Crippen LogP contribution in [0.5, 0.6) is 11.5 Å². The van der Waals surface area contributed by atoms with Gasteiger partial charge in [0.1, 0.15) is 11.5 Å². The molecule has 0 bridgehead atoms. The maximum Gasteiger partial charge on any atom is 0.416 e. The summed E-state index contributed by atoms with van der Waals surface area (Å²) in [5, 5.41) is 3.16. The third kappa shape index (κ3) is 4.37. The Morgan fingerprint density at radius 1 is 1.10 bits per heavy atom. The Labute approximate surface area is 120 Å². The molecule has 6 heteroatoms. The fraction of sp³-hybridized carbons (Fsp3) is 0.267. The molecule has 0 amide bonds. The molecule has 1 aromatic heterocycles. The van der Waals surface area contributed by atoms with Gasteiger partial charge >= 0.3 is 6.18 Å². The molecule has 21 heavy (non-hydrogen) atoms. The van der Waals surface area contributed by atoms with Crippen LogP contribution >= 0.6 is 0 Å². The van der Waals surface area contributed by atoms with E-state index in [0.29, 0.717) is 11.5 Å². The van der Waals surface area contributed by atoms with Gasteiger partial charge in [-0.3, -0.25) is 4.98 Å². The molecule has 0 radical (unpaired) electrons. The molecular weight excluding hydrogens is 281 g/mol. The standard InChI is InChI=1S/C15H15F3N2O/c1-2-7-20-12-8-14(10-19-9-12)21-13-5-3-11(4-6-13)15(16,17)18/h3-6,8-10,20H,2,7H2,1H3. The number of alkyl halides is 3. The molecule has 0 spiro atoms. The number of aromatic nitrogens is 1. The van der Waals surface area contributed by atoms with E-state index in [1.807, 2.05) is 6.92 Å². The Kier molecular flexibility index (Phi) is 4.67. The fourth-order valence-electron chi connectivity index (χ4n) is 1.69. The van der Waals surface area contributed by atoms with Crippen molar-refractivity contribution in [3.63, 3.8) is 0 Å². The lowest BCUT2D eigenvalue weighted by Gasteiger charge is -2.10. The second-order valence-electron chi connectivity index (χ2n) is 4.46. The van der Waals surface area contributed by atoms with Crippen LogP contribution in [0.2, 0.25) is 0 Å². The second-order valence-corrected chi connectivity index (χ2v) is 4.46. The fourth-order valence-corrected chi connectivity index (χ4v) is 1.69. The SMILES string of the molecule is CCCNc1cncc(Oc2ccc(C(F)(F)F)cc2)c1. The zero-order valence-corrected chi connectivity index (χ0v) is 11.4. The molecule has 112 valence electrons. The van der Waals surface area contributed by atoms with Gasteiger partial charge in [0, 0.05) is 12.6 Å². The van der Waals surface area contributed by atoms with Crippen LogP contribution in [0.4, 0.5) is 18.9 Å². The molecule has 1 heterocycles. The normalized spacial score (nSPS) is 11.2. The van der Waals surface area contributed by atoms with Gasteiger partial charge in [0.25, 0.3) is 0 Å². The number of rotatable bonds is 5. The van der Waals surface area contributed by atoms with E-state index >= 15 is 0 Å². The Balaban J connectivity index is 2.07. The van der Waals surface area contributed by atoms with Crippen molar-refractivity contribution in [1.29, 1.82) is 0 Å². The quantitative estimate of drug-likeness (QED) is 0.867. The summed E-state index contributed by atoms with van der Waals surface area (Å²) >= 11 is 0. The number of halogens is 3. The Bertz CT molecular complexity index is 582. The first-order chi connectivity index (χ1) is 9.99. The Morgan fingerprint density at radius 2 is 1.81 bits per heavy atom.